The number of aryl methyl sites for hydroxylation is 1. The van der Waals surface area contributed by atoms with Gasteiger partial charge >= 0.3 is 0 Å². The van der Waals surface area contributed by atoms with E-state index in [1.54, 1.807) is 11.3 Å². The predicted molar refractivity (Wildman–Crippen MR) is 117 cm³/mol. The molecular weight excluding hydrogens is 462 g/mol. The maximum atomic E-state index is 13.8. The number of nitriles is 1. The van der Waals surface area contributed by atoms with Crippen LogP contribution in [0.4, 0.5) is 5.00 Å². The van der Waals surface area contributed by atoms with Crippen molar-refractivity contribution in [2.45, 2.75) is 69.7 Å². The van der Waals surface area contributed by atoms with Crippen molar-refractivity contribution in [2.75, 3.05) is 5.32 Å². The third kappa shape index (κ3) is 2.74. The molecule has 0 aromatic carbocycles. The van der Waals surface area contributed by atoms with E-state index in [4.69, 9.17) is 0 Å². The first-order chi connectivity index (χ1) is 14.5. The number of nitrogens with one attached hydrogen (secondary N) is 1. The highest BCUT2D eigenvalue weighted by Crippen LogP contribution is 2.64. The zero-order chi connectivity index (χ0) is 20.5. The van der Waals surface area contributed by atoms with Gasteiger partial charge < -0.3 is 5.32 Å². The van der Waals surface area contributed by atoms with Crippen molar-refractivity contribution < 1.29 is 4.79 Å². The van der Waals surface area contributed by atoms with Crippen molar-refractivity contribution >= 4 is 38.2 Å². The first-order valence-electron chi connectivity index (χ1n) is 10.9. The summed E-state index contributed by atoms with van der Waals surface area (Å²) in [7, 11) is 0. The van der Waals surface area contributed by atoms with Crippen LogP contribution in [0.1, 0.15) is 67.4 Å². The minimum atomic E-state index is -0.361. The summed E-state index contributed by atoms with van der Waals surface area (Å²) >= 11 is 5.02. The molecule has 1 N–H and O–H groups in total. The fourth-order valence-corrected chi connectivity index (χ4v) is 8.72. The van der Waals surface area contributed by atoms with Crippen LogP contribution in [0.5, 0.6) is 0 Å². The van der Waals surface area contributed by atoms with Gasteiger partial charge in [-0.2, -0.15) is 5.26 Å². The molecule has 4 saturated carbocycles. The number of amides is 1. The molecule has 2 heterocycles. The summed E-state index contributed by atoms with van der Waals surface area (Å²) in [5.41, 5.74) is 1.42. The normalized spacial score (nSPS) is 33.9. The number of fused-ring (bicyclic) bond motifs is 1. The molecule has 30 heavy (non-hydrogen) atoms. The average Bonchev–Trinajstić information content (AvgIpc) is 3.30. The molecule has 0 aliphatic heterocycles. The molecule has 6 nitrogen and oxygen atoms in total. The molecular formula is C22H24BrN5OS. The van der Waals surface area contributed by atoms with Gasteiger partial charge in [0.2, 0.25) is 10.6 Å². The lowest BCUT2D eigenvalue weighted by Gasteiger charge is -2.60. The summed E-state index contributed by atoms with van der Waals surface area (Å²) in [6.45, 7) is 0. The second-order valence-corrected chi connectivity index (χ2v) is 11.7. The van der Waals surface area contributed by atoms with Crippen LogP contribution in [-0.2, 0) is 23.2 Å². The van der Waals surface area contributed by atoms with Crippen LogP contribution in [0.2, 0.25) is 0 Å². The maximum Gasteiger partial charge on any atom is 0.231 e. The Morgan fingerprint density at radius 1 is 1.27 bits per heavy atom. The van der Waals surface area contributed by atoms with Gasteiger partial charge in [0.25, 0.3) is 0 Å². The van der Waals surface area contributed by atoms with E-state index in [-0.39, 0.29) is 16.9 Å². The van der Waals surface area contributed by atoms with Crippen LogP contribution in [0.15, 0.2) is 11.1 Å². The van der Waals surface area contributed by atoms with Gasteiger partial charge in [-0.05, 0) is 97.5 Å². The van der Waals surface area contributed by atoms with E-state index in [1.807, 2.05) is 11.0 Å². The Labute approximate surface area is 188 Å². The molecule has 0 saturated heterocycles. The Kier molecular flexibility index (Phi) is 4.20. The first-order valence-corrected chi connectivity index (χ1v) is 12.5. The molecule has 156 valence electrons. The molecule has 2 atom stereocenters. The monoisotopic (exact) mass is 485 g/mol. The molecule has 4 fully saturated rings. The highest BCUT2D eigenvalue weighted by molar-refractivity contribution is 9.10. The van der Waals surface area contributed by atoms with Crippen molar-refractivity contribution in [3.8, 4) is 6.07 Å². The predicted octanol–water partition coefficient (Wildman–Crippen LogP) is 4.79. The standard InChI is InChI=1S/C22H24BrN5OS/c23-20-25-12-28(27-20)22-8-13-5-14(9-22)7-21(6-13,11-22)19(29)26-18-16(10-24)15-3-1-2-4-17(15)30-18/h12-14H,1-9,11H2,(H,26,29). The molecule has 0 radical (unpaired) electrons. The molecule has 5 aliphatic rings. The topological polar surface area (TPSA) is 83.6 Å². The van der Waals surface area contributed by atoms with Crippen molar-refractivity contribution in [3.63, 3.8) is 0 Å². The van der Waals surface area contributed by atoms with Crippen molar-refractivity contribution in [1.29, 1.82) is 5.26 Å². The largest absolute Gasteiger partial charge is 0.316 e. The average molecular weight is 486 g/mol. The second kappa shape index (κ2) is 6.64. The molecule has 2 aromatic heterocycles. The third-order valence-electron chi connectivity index (χ3n) is 7.97. The molecule has 4 bridgehead atoms. The van der Waals surface area contributed by atoms with Gasteiger partial charge in [0, 0.05) is 4.88 Å². The van der Waals surface area contributed by atoms with Crippen molar-refractivity contribution in [3.05, 3.63) is 27.1 Å². The quantitative estimate of drug-likeness (QED) is 0.677. The third-order valence-corrected chi connectivity index (χ3v) is 9.54. The van der Waals surface area contributed by atoms with Crippen LogP contribution < -0.4 is 5.32 Å². The van der Waals surface area contributed by atoms with Crippen LogP contribution in [-0.4, -0.2) is 20.7 Å². The minimum absolute atomic E-state index is 0.104. The first kappa shape index (κ1) is 19.0. The number of hydrogen-bond acceptors (Lipinski definition) is 5. The second-order valence-electron chi connectivity index (χ2n) is 9.90. The lowest BCUT2D eigenvalue weighted by Crippen LogP contribution is -2.60. The number of thiophene rings is 1. The molecule has 0 spiro atoms. The zero-order valence-electron chi connectivity index (χ0n) is 16.8. The van der Waals surface area contributed by atoms with Gasteiger partial charge in [-0.3, -0.25) is 4.79 Å². The number of aromatic nitrogens is 3. The van der Waals surface area contributed by atoms with Crippen LogP contribution in [0.25, 0.3) is 0 Å². The van der Waals surface area contributed by atoms with E-state index in [0.717, 1.165) is 56.4 Å². The highest BCUT2D eigenvalue weighted by atomic mass is 79.9. The van der Waals surface area contributed by atoms with Gasteiger partial charge in [0.05, 0.1) is 16.5 Å². The summed E-state index contributed by atoms with van der Waals surface area (Å²) in [6.07, 6.45) is 12.3. The fraction of sp³-hybridized carbons (Fsp3) is 0.636. The van der Waals surface area contributed by atoms with Gasteiger partial charge in [0.1, 0.15) is 17.4 Å². The van der Waals surface area contributed by atoms with Crippen LogP contribution in [0.3, 0.4) is 0 Å². The Morgan fingerprint density at radius 2 is 2.03 bits per heavy atom. The smallest absolute Gasteiger partial charge is 0.231 e. The number of carbonyl (C=O) groups excluding carboxylic acids is 1. The van der Waals surface area contributed by atoms with Crippen molar-refractivity contribution in [1.82, 2.24) is 14.8 Å². The van der Waals surface area contributed by atoms with Crippen LogP contribution in [0, 0.1) is 28.6 Å². The van der Waals surface area contributed by atoms with E-state index < -0.39 is 0 Å². The van der Waals surface area contributed by atoms with Crippen LogP contribution >= 0.6 is 27.3 Å². The minimum Gasteiger partial charge on any atom is -0.316 e. The Bertz CT molecular complexity index is 1070. The van der Waals surface area contributed by atoms with Gasteiger partial charge in [-0.1, -0.05) is 0 Å². The summed E-state index contributed by atoms with van der Waals surface area (Å²) < 4.78 is 2.64. The molecule has 8 heteroatoms. The molecule has 7 rings (SSSR count). The Hall–Kier alpha value is -1.72. The number of anilines is 1. The van der Waals surface area contributed by atoms with E-state index in [1.165, 1.54) is 23.3 Å². The van der Waals surface area contributed by atoms with Gasteiger partial charge in [-0.25, -0.2) is 9.67 Å². The summed E-state index contributed by atoms with van der Waals surface area (Å²) in [4.78, 5) is 19.4. The molecule has 5 aliphatic carbocycles. The van der Waals surface area contributed by atoms with E-state index in [9.17, 15) is 10.1 Å². The number of carbonyl (C=O) groups is 1. The van der Waals surface area contributed by atoms with Gasteiger partial charge in [-0.15, -0.1) is 16.4 Å². The van der Waals surface area contributed by atoms with Crippen molar-refractivity contribution in [2.24, 2.45) is 17.3 Å². The highest BCUT2D eigenvalue weighted by Gasteiger charge is 2.61. The molecule has 2 unspecified atom stereocenters. The molecule has 1 amide bonds. The number of halogens is 1. The van der Waals surface area contributed by atoms with E-state index >= 15 is 0 Å². The Balaban J connectivity index is 1.33. The summed E-state index contributed by atoms with van der Waals surface area (Å²) in [6, 6.07) is 2.39. The van der Waals surface area contributed by atoms with E-state index in [0.29, 0.717) is 22.1 Å². The fourth-order valence-electron chi connectivity index (χ4n) is 7.23. The van der Waals surface area contributed by atoms with Gasteiger partial charge in [0.15, 0.2) is 0 Å². The lowest BCUT2D eigenvalue weighted by molar-refractivity contribution is -0.150. The SMILES string of the molecule is N#Cc1c(NC(=O)C23CC4CC(C2)CC(n2cnc(Br)n2)(C4)C3)sc2c1CCCC2. The summed E-state index contributed by atoms with van der Waals surface area (Å²) in [5.74, 6) is 1.24. The summed E-state index contributed by atoms with van der Waals surface area (Å²) in [5, 5.41) is 18.4. The number of nitrogens with zero attached hydrogens (tertiary/aromatic N) is 4. The number of hydrogen-bond donors (Lipinski definition) is 1. The van der Waals surface area contributed by atoms with E-state index in [2.05, 4.69) is 37.4 Å². The maximum absolute atomic E-state index is 13.8. The zero-order valence-corrected chi connectivity index (χ0v) is 19.2. The number of rotatable bonds is 3. The lowest BCUT2D eigenvalue weighted by atomic mass is 9.46. The molecule has 2 aromatic rings. The Morgan fingerprint density at radius 3 is 2.73 bits per heavy atom.